The van der Waals surface area contributed by atoms with Crippen molar-refractivity contribution in [2.45, 2.75) is 96.8 Å². The van der Waals surface area contributed by atoms with Crippen LogP contribution in [-0.4, -0.2) is 75.9 Å². The Labute approximate surface area is 311 Å². The van der Waals surface area contributed by atoms with Crippen molar-refractivity contribution in [2.75, 3.05) is 31.5 Å². The number of amides is 2. The zero-order chi connectivity index (χ0) is 36.5. The van der Waals surface area contributed by atoms with E-state index in [1.54, 1.807) is 5.38 Å². The standard InChI is InChI=1S/C41H52FN7O2S/c1-4-19-49(20-5-2)36-17-21-48(22-18-36)26-29-9-11-30(12-10-29)31-7-6-8-35(23-31)45-39-37(24-32(42)25-43-39)40(50)46-33-13-15-34(16-14-33)47-41(51)38-27-52-28(3)44-38/h6-12,23-25,27,33-34,36H,4-5,13-22,26H2,1-3H3,(H,43,45)(H,46,50)(H,47,51). The van der Waals surface area contributed by atoms with Crippen LogP contribution in [0.15, 0.2) is 66.2 Å². The number of halogens is 1. The Hall–Kier alpha value is -4.19. The summed E-state index contributed by atoms with van der Waals surface area (Å²) in [6, 6.07) is 18.6. The molecular weight excluding hydrogens is 674 g/mol. The fourth-order valence-corrected chi connectivity index (χ4v) is 8.15. The van der Waals surface area contributed by atoms with Crippen molar-refractivity contribution in [1.29, 1.82) is 0 Å². The topological polar surface area (TPSA) is 102 Å². The highest BCUT2D eigenvalue weighted by Crippen LogP contribution is 2.28. The second-order valence-corrected chi connectivity index (χ2v) is 15.3. The summed E-state index contributed by atoms with van der Waals surface area (Å²) < 4.78 is 14.4. The minimum atomic E-state index is -0.576. The molecule has 0 radical (unpaired) electrons. The minimum Gasteiger partial charge on any atom is -0.349 e. The number of nitrogens with one attached hydrogen (secondary N) is 3. The molecule has 1 aliphatic heterocycles. The van der Waals surface area contributed by atoms with Gasteiger partial charge in [0.1, 0.15) is 17.3 Å². The van der Waals surface area contributed by atoms with E-state index in [0.717, 1.165) is 60.5 Å². The van der Waals surface area contributed by atoms with Crippen molar-refractivity contribution in [3.63, 3.8) is 0 Å². The second-order valence-electron chi connectivity index (χ2n) is 14.2. The van der Waals surface area contributed by atoms with E-state index in [0.29, 0.717) is 30.4 Å². The highest BCUT2D eigenvalue weighted by Gasteiger charge is 2.27. The van der Waals surface area contributed by atoms with Gasteiger partial charge in [-0.25, -0.2) is 14.4 Å². The van der Waals surface area contributed by atoms with Crippen LogP contribution in [-0.2, 0) is 6.54 Å². The van der Waals surface area contributed by atoms with Gasteiger partial charge in [0.05, 0.1) is 16.8 Å². The number of anilines is 2. The van der Waals surface area contributed by atoms with E-state index in [-0.39, 0.29) is 29.5 Å². The summed E-state index contributed by atoms with van der Waals surface area (Å²) >= 11 is 1.45. The maximum absolute atomic E-state index is 14.4. The average Bonchev–Trinajstić information content (AvgIpc) is 3.60. The molecule has 0 atom stereocenters. The Morgan fingerprint density at radius 3 is 2.19 bits per heavy atom. The molecular formula is C41H52FN7O2S. The number of piperidine rings is 1. The predicted octanol–water partition coefficient (Wildman–Crippen LogP) is 7.95. The average molecular weight is 726 g/mol. The lowest BCUT2D eigenvalue weighted by molar-refractivity contribution is 0.0889. The maximum atomic E-state index is 14.4. The van der Waals surface area contributed by atoms with E-state index in [1.165, 1.54) is 61.7 Å². The second kappa shape index (κ2) is 18.0. The fraction of sp³-hybridized carbons (Fsp3) is 0.463. The predicted molar refractivity (Wildman–Crippen MR) is 208 cm³/mol. The summed E-state index contributed by atoms with van der Waals surface area (Å²) in [5, 5.41) is 12.0. The van der Waals surface area contributed by atoms with Crippen molar-refractivity contribution >= 4 is 34.7 Å². The molecule has 1 saturated carbocycles. The lowest BCUT2D eigenvalue weighted by Gasteiger charge is -2.38. The molecule has 9 nitrogen and oxygen atoms in total. The van der Waals surface area contributed by atoms with Gasteiger partial charge < -0.3 is 20.9 Å². The zero-order valence-electron chi connectivity index (χ0n) is 30.7. The summed E-state index contributed by atoms with van der Waals surface area (Å²) in [6.07, 6.45) is 8.90. The van der Waals surface area contributed by atoms with Crippen LogP contribution in [0.1, 0.15) is 96.6 Å². The van der Waals surface area contributed by atoms with Crippen molar-refractivity contribution in [3.05, 3.63) is 93.8 Å². The number of thiazole rings is 1. The van der Waals surface area contributed by atoms with Gasteiger partial charge in [-0.1, -0.05) is 50.2 Å². The van der Waals surface area contributed by atoms with Gasteiger partial charge in [0.15, 0.2) is 0 Å². The van der Waals surface area contributed by atoms with Gasteiger partial charge in [0, 0.05) is 35.7 Å². The molecule has 11 heteroatoms. The highest BCUT2D eigenvalue weighted by atomic mass is 32.1. The molecule has 1 aliphatic carbocycles. The van der Waals surface area contributed by atoms with E-state index >= 15 is 0 Å². The zero-order valence-corrected chi connectivity index (χ0v) is 31.5. The van der Waals surface area contributed by atoms with Crippen molar-refractivity contribution in [3.8, 4) is 11.1 Å². The van der Waals surface area contributed by atoms with Crippen LogP contribution >= 0.6 is 11.3 Å². The number of benzene rings is 2. The third-order valence-electron chi connectivity index (χ3n) is 10.3. The van der Waals surface area contributed by atoms with Gasteiger partial charge in [0.25, 0.3) is 11.8 Å². The van der Waals surface area contributed by atoms with Crippen LogP contribution in [0.3, 0.4) is 0 Å². The van der Waals surface area contributed by atoms with Gasteiger partial charge in [-0.3, -0.25) is 14.5 Å². The van der Waals surface area contributed by atoms with Gasteiger partial charge in [-0.05, 0) is 119 Å². The van der Waals surface area contributed by atoms with Gasteiger partial charge in [0.2, 0.25) is 0 Å². The molecule has 276 valence electrons. The molecule has 3 heterocycles. The lowest BCUT2D eigenvalue weighted by Crippen LogP contribution is -2.45. The summed E-state index contributed by atoms with van der Waals surface area (Å²) in [4.78, 5) is 39.8. The summed E-state index contributed by atoms with van der Waals surface area (Å²) in [5.41, 5.74) is 4.79. The Morgan fingerprint density at radius 2 is 1.56 bits per heavy atom. The molecule has 2 amide bonds. The monoisotopic (exact) mass is 725 g/mol. The molecule has 2 aliphatic rings. The number of rotatable bonds is 14. The van der Waals surface area contributed by atoms with Crippen LogP contribution in [0.2, 0.25) is 0 Å². The largest absolute Gasteiger partial charge is 0.349 e. The van der Waals surface area contributed by atoms with Gasteiger partial charge in [-0.2, -0.15) is 0 Å². The fourth-order valence-electron chi connectivity index (χ4n) is 7.55. The molecule has 0 bridgehead atoms. The number of carbonyl (C=O) groups excluding carboxylic acids is 2. The first-order valence-corrected chi connectivity index (χ1v) is 19.8. The molecule has 4 aromatic rings. The van der Waals surface area contributed by atoms with Crippen LogP contribution < -0.4 is 16.0 Å². The van der Waals surface area contributed by atoms with Gasteiger partial charge >= 0.3 is 0 Å². The number of aromatic nitrogens is 2. The molecule has 0 unspecified atom stereocenters. The number of aryl methyl sites for hydroxylation is 1. The van der Waals surface area contributed by atoms with Crippen molar-refractivity contribution in [2.24, 2.45) is 0 Å². The molecule has 1 saturated heterocycles. The summed E-state index contributed by atoms with van der Waals surface area (Å²) in [5.74, 6) is -0.827. The molecule has 2 fully saturated rings. The van der Waals surface area contributed by atoms with Crippen LogP contribution in [0.5, 0.6) is 0 Å². The van der Waals surface area contributed by atoms with E-state index in [4.69, 9.17) is 0 Å². The van der Waals surface area contributed by atoms with Crippen LogP contribution in [0, 0.1) is 12.7 Å². The first kappa shape index (κ1) is 37.6. The van der Waals surface area contributed by atoms with E-state index < -0.39 is 5.82 Å². The Balaban J connectivity index is 1.02. The Morgan fingerprint density at radius 1 is 0.885 bits per heavy atom. The molecule has 0 spiro atoms. The number of pyridine rings is 1. The first-order valence-electron chi connectivity index (χ1n) is 18.9. The summed E-state index contributed by atoms with van der Waals surface area (Å²) in [6.45, 7) is 12.1. The normalized spacial score (nSPS) is 18.3. The molecule has 2 aromatic carbocycles. The van der Waals surface area contributed by atoms with Crippen molar-refractivity contribution in [1.82, 2.24) is 30.4 Å². The number of hydrogen-bond donors (Lipinski definition) is 3. The van der Waals surface area contributed by atoms with E-state index in [2.05, 4.69) is 79.9 Å². The highest BCUT2D eigenvalue weighted by molar-refractivity contribution is 7.09. The SMILES string of the molecule is CCCN(CCC)C1CCN(Cc2ccc(-c3cccc(Nc4ncc(F)cc4C(=O)NC4CCC(NC(=O)c5csc(C)n5)CC4)c3)cc2)CC1. The van der Waals surface area contributed by atoms with Crippen LogP contribution in [0.25, 0.3) is 11.1 Å². The van der Waals surface area contributed by atoms with E-state index in [1.807, 2.05) is 25.1 Å². The lowest BCUT2D eigenvalue weighted by atomic mass is 9.91. The third-order valence-corrected chi connectivity index (χ3v) is 11.0. The number of likely N-dealkylation sites (tertiary alicyclic amines) is 1. The molecule has 6 rings (SSSR count). The number of hydrogen-bond acceptors (Lipinski definition) is 8. The van der Waals surface area contributed by atoms with Crippen molar-refractivity contribution < 1.29 is 14.0 Å². The maximum Gasteiger partial charge on any atom is 0.270 e. The molecule has 2 aromatic heterocycles. The Kier molecular flexibility index (Phi) is 13.0. The minimum absolute atomic E-state index is 0.0224. The van der Waals surface area contributed by atoms with E-state index in [9.17, 15) is 14.0 Å². The summed E-state index contributed by atoms with van der Waals surface area (Å²) in [7, 11) is 0. The smallest absolute Gasteiger partial charge is 0.270 e. The van der Waals surface area contributed by atoms with Gasteiger partial charge in [-0.15, -0.1) is 11.3 Å². The Bertz CT molecular complexity index is 1780. The third kappa shape index (κ3) is 10.0. The quantitative estimate of drug-likeness (QED) is 0.121. The molecule has 52 heavy (non-hydrogen) atoms. The first-order chi connectivity index (χ1) is 25.3. The molecule has 3 N–H and O–H groups in total. The number of carbonyl (C=O) groups is 2. The number of nitrogens with zero attached hydrogens (tertiary/aromatic N) is 4. The van der Waals surface area contributed by atoms with Crippen LogP contribution in [0.4, 0.5) is 15.9 Å².